The molecule has 4 heteroatoms. The van der Waals surface area contributed by atoms with Gasteiger partial charge in [-0.25, -0.2) is 0 Å². The number of carbonyl (C=O) groups excluding carboxylic acids is 2. The minimum Gasteiger partial charge on any atom is -0.355 e. The molecule has 1 aliphatic rings. The molecule has 1 rings (SSSR count). The van der Waals surface area contributed by atoms with E-state index in [0.717, 1.165) is 32.2 Å². The van der Waals surface area contributed by atoms with Crippen molar-refractivity contribution >= 4 is 12.2 Å². The highest BCUT2D eigenvalue weighted by molar-refractivity contribution is 5.78. The molecule has 1 unspecified atom stereocenters. The van der Waals surface area contributed by atoms with Crippen LogP contribution in [0.5, 0.6) is 0 Å². The van der Waals surface area contributed by atoms with Gasteiger partial charge in [0.25, 0.3) is 0 Å². The molecule has 0 aromatic carbocycles. The van der Waals surface area contributed by atoms with Crippen LogP contribution in [0.25, 0.3) is 0 Å². The molecule has 0 aliphatic carbocycles. The van der Waals surface area contributed by atoms with Gasteiger partial charge in [0, 0.05) is 19.0 Å². The number of aldehydes is 1. The Morgan fingerprint density at radius 1 is 1.64 bits per heavy atom. The standard InChI is InChI=1S/C10H18N2O2/c1-2-11-10(14)7-12-5-3-4-9(6-12)8-13/h8-9H,2-7H2,1H3,(H,11,14). The summed E-state index contributed by atoms with van der Waals surface area (Å²) >= 11 is 0. The van der Waals surface area contributed by atoms with Crippen LogP contribution in [0.4, 0.5) is 0 Å². The first-order chi connectivity index (χ1) is 6.76. The molecule has 0 saturated carbocycles. The summed E-state index contributed by atoms with van der Waals surface area (Å²) in [5, 5.41) is 2.76. The number of piperidine rings is 1. The van der Waals surface area contributed by atoms with E-state index in [9.17, 15) is 9.59 Å². The molecule has 0 bridgehead atoms. The Morgan fingerprint density at radius 2 is 2.43 bits per heavy atom. The van der Waals surface area contributed by atoms with Gasteiger partial charge in [-0.3, -0.25) is 9.69 Å². The molecule has 1 heterocycles. The van der Waals surface area contributed by atoms with E-state index < -0.39 is 0 Å². The average Bonchev–Trinajstić information content (AvgIpc) is 2.18. The lowest BCUT2D eigenvalue weighted by Crippen LogP contribution is -2.42. The summed E-state index contributed by atoms with van der Waals surface area (Å²) in [5.41, 5.74) is 0. The second kappa shape index (κ2) is 5.75. The summed E-state index contributed by atoms with van der Waals surface area (Å²) < 4.78 is 0. The lowest BCUT2D eigenvalue weighted by Gasteiger charge is -2.29. The SMILES string of the molecule is CCNC(=O)CN1CCCC(C=O)C1. The maximum absolute atomic E-state index is 11.3. The molecule has 0 radical (unpaired) electrons. The number of carbonyl (C=O) groups is 2. The van der Waals surface area contributed by atoms with E-state index in [1.807, 2.05) is 11.8 Å². The summed E-state index contributed by atoms with van der Waals surface area (Å²) in [6.07, 6.45) is 2.99. The van der Waals surface area contributed by atoms with Gasteiger partial charge >= 0.3 is 0 Å². The van der Waals surface area contributed by atoms with Gasteiger partial charge < -0.3 is 10.1 Å². The maximum Gasteiger partial charge on any atom is 0.234 e. The Bertz CT molecular complexity index is 206. The first-order valence-corrected chi connectivity index (χ1v) is 5.20. The quantitative estimate of drug-likeness (QED) is 0.649. The molecule has 4 nitrogen and oxygen atoms in total. The van der Waals surface area contributed by atoms with Gasteiger partial charge in [0.1, 0.15) is 6.29 Å². The number of nitrogens with zero attached hydrogens (tertiary/aromatic N) is 1. The van der Waals surface area contributed by atoms with Crippen LogP contribution in [-0.4, -0.2) is 43.3 Å². The van der Waals surface area contributed by atoms with Gasteiger partial charge in [-0.05, 0) is 26.3 Å². The number of hydrogen-bond donors (Lipinski definition) is 1. The number of rotatable bonds is 4. The molecule has 14 heavy (non-hydrogen) atoms. The van der Waals surface area contributed by atoms with E-state index >= 15 is 0 Å². The predicted molar refractivity (Wildman–Crippen MR) is 53.9 cm³/mol. The molecule has 1 aliphatic heterocycles. The van der Waals surface area contributed by atoms with Crippen LogP contribution in [0.15, 0.2) is 0 Å². The summed E-state index contributed by atoms with van der Waals surface area (Å²) in [5.74, 6) is 0.178. The average molecular weight is 198 g/mol. The van der Waals surface area contributed by atoms with E-state index in [-0.39, 0.29) is 11.8 Å². The van der Waals surface area contributed by atoms with E-state index in [4.69, 9.17) is 0 Å². The van der Waals surface area contributed by atoms with Crippen molar-refractivity contribution in [2.75, 3.05) is 26.2 Å². The molecule has 1 N–H and O–H groups in total. The smallest absolute Gasteiger partial charge is 0.234 e. The maximum atomic E-state index is 11.3. The van der Waals surface area contributed by atoms with Crippen molar-refractivity contribution in [2.45, 2.75) is 19.8 Å². The second-order valence-electron chi connectivity index (χ2n) is 3.73. The molecule has 80 valence electrons. The summed E-state index contributed by atoms with van der Waals surface area (Å²) in [4.78, 5) is 23.9. The van der Waals surface area contributed by atoms with E-state index in [2.05, 4.69) is 5.32 Å². The number of likely N-dealkylation sites (N-methyl/N-ethyl adjacent to an activating group) is 1. The van der Waals surface area contributed by atoms with E-state index in [1.165, 1.54) is 0 Å². The van der Waals surface area contributed by atoms with Crippen molar-refractivity contribution < 1.29 is 9.59 Å². The monoisotopic (exact) mass is 198 g/mol. The molecule has 1 fully saturated rings. The first kappa shape index (κ1) is 11.2. The van der Waals surface area contributed by atoms with Crippen LogP contribution >= 0.6 is 0 Å². The summed E-state index contributed by atoms with van der Waals surface area (Å²) in [7, 11) is 0. The molecule has 0 aromatic heterocycles. The zero-order valence-corrected chi connectivity index (χ0v) is 8.66. The molecule has 0 aromatic rings. The molecule has 1 amide bonds. The molecule has 1 saturated heterocycles. The van der Waals surface area contributed by atoms with Crippen LogP contribution in [0, 0.1) is 5.92 Å². The fourth-order valence-electron chi connectivity index (χ4n) is 1.80. The number of likely N-dealkylation sites (tertiary alicyclic amines) is 1. The Labute approximate surface area is 84.7 Å². The normalized spacial score (nSPS) is 23.1. The van der Waals surface area contributed by atoms with Crippen molar-refractivity contribution in [2.24, 2.45) is 5.92 Å². The van der Waals surface area contributed by atoms with Gasteiger partial charge in [-0.1, -0.05) is 0 Å². The van der Waals surface area contributed by atoms with E-state index in [0.29, 0.717) is 13.1 Å². The molecule has 1 atom stereocenters. The highest BCUT2D eigenvalue weighted by Gasteiger charge is 2.20. The third-order valence-electron chi connectivity index (χ3n) is 2.48. The van der Waals surface area contributed by atoms with Gasteiger partial charge in [0.2, 0.25) is 5.91 Å². The topological polar surface area (TPSA) is 49.4 Å². The Morgan fingerprint density at radius 3 is 3.07 bits per heavy atom. The molecule has 0 spiro atoms. The number of hydrogen-bond acceptors (Lipinski definition) is 3. The summed E-state index contributed by atoms with van der Waals surface area (Å²) in [6.45, 7) is 4.67. The minimum absolute atomic E-state index is 0.0547. The zero-order chi connectivity index (χ0) is 10.4. The van der Waals surface area contributed by atoms with Crippen LogP contribution < -0.4 is 5.32 Å². The third kappa shape index (κ3) is 3.46. The van der Waals surface area contributed by atoms with Crippen LogP contribution in [-0.2, 0) is 9.59 Å². The molecular formula is C10H18N2O2. The van der Waals surface area contributed by atoms with Crippen LogP contribution in [0.1, 0.15) is 19.8 Å². The van der Waals surface area contributed by atoms with E-state index in [1.54, 1.807) is 0 Å². The number of nitrogens with one attached hydrogen (secondary N) is 1. The van der Waals surface area contributed by atoms with Crippen molar-refractivity contribution in [3.63, 3.8) is 0 Å². The third-order valence-corrected chi connectivity index (χ3v) is 2.48. The van der Waals surface area contributed by atoms with Crippen molar-refractivity contribution in [1.29, 1.82) is 0 Å². The fraction of sp³-hybridized carbons (Fsp3) is 0.800. The lowest BCUT2D eigenvalue weighted by atomic mass is 10.00. The lowest BCUT2D eigenvalue weighted by molar-refractivity contribution is -0.123. The van der Waals surface area contributed by atoms with Crippen molar-refractivity contribution in [3.8, 4) is 0 Å². The summed E-state index contributed by atoms with van der Waals surface area (Å²) in [6, 6.07) is 0. The van der Waals surface area contributed by atoms with Crippen molar-refractivity contribution in [1.82, 2.24) is 10.2 Å². The van der Waals surface area contributed by atoms with Gasteiger partial charge in [0.05, 0.1) is 6.54 Å². The Kier molecular flexibility index (Phi) is 4.59. The largest absolute Gasteiger partial charge is 0.355 e. The minimum atomic E-state index is 0.0547. The highest BCUT2D eigenvalue weighted by Crippen LogP contribution is 2.13. The van der Waals surface area contributed by atoms with Crippen LogP contribution in [0.3, 0.4) is 0 Å². The highest BCUT2D eigenvalue weighted by atomic mass is 16.2. The molecular weight excluding hydrogens is 180 g/mol. The van der Waals surface area contributed by atoms with Crippen molar-refractivity contribution in [3.05, 3.63) is 0 Å². The fourth-order valence-corrected chi connectivity index (χ4v) is 1.80. The Balaban J connectivity index is 2.29. The van der Waals surface area contributed by atoms with Crippen LogP contribution in [0.2, 0.25) is 0 Å². The first-order valence-electron chi connectivity index (χ1n) is 5.20. The second-order valence-corrected chi connectivity index (χ2v) is 3.73. The predicted octanol–water partition coefficient (Wildman–Crippen LogP) is 0.0334. The number of amides is 1. The Hall–Kier alpha value is -0.900. The van der Waals surface area contributed by atoms with Gasteiger partial charge in [0.15, 0.2) is 0 Å². The van der Waals surface area contributed by atoms with Gasteiger partial charge in [-0.15, -0.1) is 0 Å². The zero-order valence-electron chi connectivity index (χ0n) is 8.66. The van der Waals surface area contributed by atoms with Gasteiger partial charge in [-0.2, -0.15) is 0 Å².